The van der Waals surface area contributed by atoms with E-state index in [4.69, 9.17) is 9.47 Å². The number of para-hydroxylation sites is 1. The number of ether oxygens (including phenoxy) is 2. The van der Waals surface area contributed by atoms with Gasteiger partial charge in [0.25, 0.3) is 11.8 Å². The van der Waals surface area contributed by atoms with Crippen LogP contribution in [0.5, 0.6) is 5.75 Å². The number of rotatable bonds is 9. The summed E-state index contributed by atoms with van der Waals surface area (Å²) in [5.74, 6) is -2.12. The molecule has 2 atom stereocenters. The number of esters is 1. The first-order valence-electron chi connectivity index (χ1n) is 9.20. The first kappa shape index (κ1) is 24.7. The summed E-state index contributed by atoms with van der Waals surface area (Å²) in [6.07, 6.45) is 0. The van der Waals surface area contributed by atoms with Gasteiger partial charge in [-0.2, -0.15) is 0 Å². The van der Waals surface area contributed by atoms with Crippen molar-refractivity contribution < 1.29 is 33.8 Å². The number of aliphatic hydroxyl groups excluding tert-OH is 1. The number of nitrogens with one attached hydrogen (secondary N) is 1. The van der Waals surface area contributed by atoms with Crippen LogP contribution in [0.3, 0.4) is 0 Å². The maximum absolute atomic E-state index is 12.8. The predicted octanol–water partition coefficient (Wildman–Crippen LogP) is 2.15. The number of nitrogens with zero attached hydrogens (tertiary/aromatic N) is 1. The Kier molecular flexibility index (Phi) is 8.52. The quantitative estimate of drug-likeness (QED) is 0.128. The minimum Gasteiger partial charge on any atom is -0.509 e. The molecular formula is C20H23BrN2O7S. The summed E-state index contributed by atoms with van der Waals surface area (Å²) in [6, 6.07) is 7.57. The van der Waals surface area contributed by atoms with Crippen LogP contribution in [0.4, 0.5) is 0 Å². The van der Waals surface area contributed by atoms with Crippen molar-refractivity contribution in [3.63, 3.8) is 0 Å². The fraction of sp³-hybridized carbons (Fsp3) is 0.400. The molecule has 1 heterocycles. The Morgan fingerprint density at radius 3 is 2.48 bits per heavy atom. The number of likely N-dealkylation sites (tertiary alicyclic amines) is 1. The minimum absolute atomic E-state index is 0.119. The van der Waals surface area contributed by atoms with Crippen LogP contribution < -0.4 is 10.1 Å². The summed E-state index contributed by atoms with van der Waals surface area (Å²) in [6.45, 7) is 4.57. The van der Waals surface area contributed by atoms with Crippen molar-refractivity contribution in [2.24, 2.45) is 0 Å². The number of halogens is 1. The van der Waals surface area contributed by atoms with E-state index >= 15 is 0 Å². The maximum atomic E-state index is 12.8. The van der Waals surface area contributed by atoms with Gasteiger partial charge >= 0.3 is 5.97 Å². The lowest BCUT2D eigenvalue weighted by Crippen LogP contribution is -2.70. The lowest BCUT2D eigenvalue weighted by molar-refractivity contribution is -0.159. The summed E-state index contributed by atoms with van der Waals surface area (Å²) in [5.41, 5.74) is -0.776. The molecule has 1 aliphatic heterocycles. The lowest BCUT2D eigenvalue weighted by Gasteiger charge is -2.46. The average molecular weight is 515 g/mol. The highest BCUT2D eigenvalue weighted by Gasteiger charge is 2.53. The number of benzene rings is 1. The third-order valence-electron chi connectivity index (χ3n) is 3.90. The van der Waals surface area contributed by atoms with E-state index in [0.717, 1.165) is 4.90 Å². The molecule has 2 N–H and O–H groups in total. The van der Waals surface area contributed by atoms with Crippen LogP contribution in [0.2, 0.25) is 0 Å². The van der Waals surface area contributed by atoms with Crippen molar-refractivity contribution in [1.29, 1.82) is 0 Å². The number of amides is 2. The van der Waals surface area contributed by atoms with Gasteiger partial charge in [0.15, 0.2) is 17.9 Å². The Labute approximate surface area is 192 Å². The fourth-order valence-corrected chi connectivity index (χ4v) is 3.71. The minimum atomic E-state index is -1.08. The van der Waals surface area contributed by atoms with Crippen LogP contribution in [0.25, 0.3) is 0 Å². The molecule has 1 aromatic rings. The molecule has 2 unspecified atom stereocenters. The number of carbonyl (C=O) groups excluding carboxylic acids is 4. The predicted molar refractivity (Wildman–Crippen MR) is 118 cm³/mol. The first-order chi connectivity index (χ1) is 14.6. The van der Waals surface area contributed by atoms with E-state index in [-0.39, 0.29) is 17.6 Å². The molecule has 0 saturated carbocycles. The first-order valence-corrected chi connectivity index (χ1v) is 11.3. The Morgan fingerprint density at radius 1 is 1.29 bits per heavy atom. The van der Waals surface area contributed by atoms with E-state index < -0.39 is 40.6 Å². The number of alkyl halides is 1. The van der Waals surface area contributed by atoms with Crippen molar-refractivity contribution in [3.05, 3.63) is 41.8 Å². The van der Waals surface area contributed by atoms with Gasteiger partial charge < -0.3 is 19.9 Å². The number of β-lactam (4-membered cyclic amide) rings is 1. The zero-order chi connectivity index (χ0) is 23.2. The normalized spacial score (nSPS) is 19.1. The zero-order valence-corrected chi connectivity index (χ0v) is 19.6. The van der Waals surface area contributed by atoms with Crippen molar-refractivity contribution in [2.45, 2.75) is 37.8 Å². The molecular weight excluding hydrogens is 492 g/mol. The topological polar surface area (TPSA) is 122 Å². The Balaban J connectivity index is 2.14. The van der Waals surface area contributed by atoms with Crippen LogP contribution >= 0.6 is 27.7 Å². The Bertz CT molecular complexity index is 870. The summed E-state index contributed by atoms with van der Waals surface area (Å²) >= 11 is 3.73. The highest BCUT2D eigenvalue weighted by Crippen LogP contribution is 2.35. The number of thioether (sulfide) groups is 1. The molecule has 0 radical (unpaired) electrons. The van der Waals surface area contributed by atoms with E-state index in [2.05, 4.69) is 21.2 Å². The highest BCUT2D eigenvalue weighted by atomic mass is 79.9. The lowest BCUT2D eigenvalue weighted by atomic mass is 10.0. The maximum Gasteiger partial charge on any atom is 0.359 e. The van der Waals surface area contributed by atoms with Crippen molar-refractivity contribution in [2.75, 3.05) is 11.9 Å². The van der Waals surface area contributed by atoms with E-state index in [9.17, 15) is 24.3 Å². The van der Waals surface area contributed by atoms with Gasteiger partial charge in [0.1, 0.15) is 28.5 Å². The molecule has 9 nitrogen and oxygen atoms in total. The molecule has 0 aromatic heterocycles. The Morgan fingerprint density at radius 2 is 1.94 bits per heavy atom. The molecule has 0 bridgehead atoms. The zero-order valence-electron chi connectivity index (χ0n) is 17.2. The SMILES string of the molecule is CC(C)(C)OC(=O)/C(=C(/O)CBr)N1C(=O)C(NC(=O)COc2ccccc2)C1SC=O. The van der Waals surface area contributed by atoms with Crippen molar-refractivity contribution in [3.8, 4) is 5.75 Å². The number of allylic oxidation sites excluding steroid dienone is 1. The molecule has 0 aliphatic carbocycles. The molecule has 168 valence electrons. The number of hydrogen-bond donors (Lipinski definition) is 2. The molecule has 11 heteroatoms. The van der Waals surface area contributed by atoms with Crippen LogP contribution in [-0.4, -0.2) is 62.4 Å². The van der Waals surface area contributed by atoms with E-state index in [0.29, 0.717) is 23.1 Å². The average Bonchev–Trinajstić information content (AvgIpc) is 2.72. The van der Waals surface area contributed by atoms with Gasteiger partial charge in [-0.1, -0.05) is 45.9 Å². The molecule has 1 saturated heterocycles. The van der Waals surface area contributed by atoms with Crippen LogP contribution in [0, 0.1) is 0 Å². The highest BCUT2D eigenvalue weighted by molar-refractivity contribution is 9.09. The van der Waals surface area contributed by atoms with E-state index in [1.165, 1.54) is 0 Å². The number of aliphatic hydroxyl groups is 1. The third-order valence-corrected chi connectivity index (χ3v) is 5.30. The summed E-state index contributed by atoms with van der Waals surface area (Å²) < 4.78 is 10.6. The monoisotopic (exact) mass is 514 g/mol. The van der Waals surface area contributed by atoms with Gasteiger partial charge in [-0.05, 0) is 32.9 Å². The van der Waals surface area contributed by atoms with E-state index in [1.54, 1.807) is 51.1 Å². The van der Waals surface area contributed by atoms with Gasteiger partial charge in [-0.15, -0.1) is 0 Å². The molecule has 1 aromatic carbocycles. The number of carbonyl (C=O) groups is 4. The van der Waals surface area contributed by atoms with Gasteiger partial charge in [0.05, 0.1) is 5.33 Å². The van der Waals surface area contributed by atoms with Crippen LogP contribution in [0.15, 0.2) is 41.8 Å². The molecule has 1 fully saturated rings. The summed E-state index contributed by atoms with van der Waals surface area (Å²) in [5, 5.41) is 11.7. The molecule has 2 amide bonds. The standard InChI is InChI=1S/C20H23BrN2O7S/c1-20(2,3)30-19(28)16(13(25)9-21)23-17(27)15(18(23)31-11-24)22-14(26)10-29-12-7-5-4-6-8-12/h4-8,11,15,18,25H,9-10H2,1-3H3,(H,22,26)/b16-13-. The molecule has 31 heavy (non-hydrogen) atoms. The smallest absolute Gasteiger partial charge is 0.359 e. The van der Waals surface area contributed by atoms with Crippen LogP contribution in [0.1, 0.15) is 20.8 Å². The van der Waals surface area contributed by atoms with Crippen molar-refractivity contribution in [1.82, 2.24) is 10.2 Å². The van der Waals surface area contributed by atoms with Crippen LogP contribution in [-0.2, 0) is 23.9 Å². The van der Waals surface area contributed by atoms with Crippen molar-refractivity contribution >= 4 is 51.1 Å². The second-order valence-electron chi connectivity index (χ2n) is 7.41. The second kappa shape index (κ2) is 10.7. The van der Waals surface area contributed by atoms with Gasteiger partial charge in [0.2, 0.25) is 0 Å². The van der Waals surface area contributed by atoms with E-state index in [1.807, 2.05) is 0 Å². The molecule has 2 rings (SSSR count). The Hall–Kier alpha value is -2.53. The number of hydrogen-bond acceptors (Lipinski definition) is 8. The van der Waals surface area contributed by atoms with Gasteiger partial charge in [-0.3, -0.25) is 19.3 Å². The summed E-state index contributed by atoms with van der Waals surface area (Å²) in [4.78, 5) is 49.7. The third kappa shape index (κ3) is 6.47. The molecule has 1 aliphatic rings. The van der Waals surface area contributed by atoms with Gasteiger partial charge in [-0.25, -0.2) is 4.79 Å². The fourth-order valence-electron chi connectivity index (χ4n) is 2.66. The van der Waals surface area contributed by atoms with Gasteiger partial charge in [0, 0.05) is 0 Å². The molecule has 0 spiro atoms. The second-order valence-corrected chi connectivity index (χ2v) is 8.92. The largest absolute Gasteiger partial charge is 0.509 e. The summed E-state index contributed by atoms with van der Waals surface area (Å²) in [7, 11) is 0.